The minimum absolute atomic E-state index is 0.0957. The van der Waals surface area contributed by atoms with E-state index in [1.54, 1.807) is 17.0 Å². The second kappa shape index (κ2) is 5.47. The van der Waals surface area contributed by atoms with E-state index in [4.69, 9.17) is 10.2 Å². The van der Waals surface area contributed by atoms with Crippen LogP contribution in [0.5, 0.6) is 0 Å². The number of nitrogens with one attached hydrogen (secondary N) is 1. The second-order valence-electron chi connectivity index (χ2n) is 5.03. The molecule has 0 radical (unpaired) electrons. The first-order valence-electron chi connectivity index (χ1n) is 6.80. The Hall–Kier alpha value is -2.90. The van der Waals surface area contributed by atoms with Crippen molar-refractivity contribution in [3.05, 3.63) is 41.1 Å². The average molecular weight is 300 g/mol. The molecule has 3 heterocycles. The van der Waals surface area contributed by atoms with Crippen LogP contribution in [0, 0.1) is 13.8 Å². The standard InChI is InChI=1S/C14H16N6O2/c1-8-11(5-12(21)16-6-10-3-4-22-7-10)9(2)20-14(17-8)18-13(15)19-20/h3-4,7H,5-6H2,1-2H3,(H2,15,19)(H,16,21). The normalized spacial score (nSPS) is 11.0. The summed E-state index contributed by atoms with van der Waals surface area (Å²) in [6.07, 6.45) is 3.39. The monoisotopic (exact) mass is 300 g/mol. The van der Waals surface area contributed by atoms with Gasteiger partial charge in [0.2, 0.25) is 11.9 Å². The molecule has 0 aliphatic rings. The summed E-state index contributed by atoms with van der Waals surface area (Å²) in [6, 6.07) is 1.81. The van der Waals surface area contributed by atoms with Crippen molar-refractivity contribution in [2.75, 3.05) is 5.73 Å². The highest BCUT2D eigenvalue weighted by atomic mass is 16.3. The van der Waals surface area contributed by atoms with Crippen molar-refractivity contribution in [3.63, 3.8) is 0 Å². The zero-order valence-corrected chi connectivity index (χ0v) is 12.3. The molecule has 114 valence electrons. The number of nitrogens with two attached hydrogens (primary N) is 1. The predicted molar refractivity (Wildman–Crippen MR) is 78.9 cm³/mol. The number of furan rings is 1. The summed E-state index contributed by atoms with van der Waals surface area (Å²) in [5.74, 6) is 0.508. The molecule has 8 nitrogen and oxygen atoms in total. The summed E-state index contributed by atoms with van der Waals surface area (Å²) in [4.78, 5) is 20.5. The van der Waals surface area contributed by atoms with E-state index in [1.165, 1.54) is 0 Å². The maximum atomic E-state index is 12.1. The van der Waals surface area contributed by atoms with E-state index >= 15 is 0 Å². The van der Waals surface area contributed by atoms with Gasteiger partial charge < -0.3 is 15.5 Å². The third kappa shape index (κ3) is 2.62. The fourth-order valence-electron chi connectivity index (χ4n) is 2.30. The number of nitrogens with zero attached hydrogens (tertiary/aromatic N) is 4. The summed E-state index contributed by atoms with van der Waals surface area (Å²) in [5.41, 5.74) is 8.89. The molecule has 0 unspecified atom stereocenters. The number of hydrogen-bond donors (Lipinski definition) is 2. The number of hydrogen-bond acceptors (Lipinski definition) is 6. The van der Waals surface area contributed by atoms with Gasteiger partial charge in [-0.2, -0.15) is 9.50 Å². The van der Waals surface area contributed by atoms with E-state index in [0.29, 0.717) is 12.3 Å². The average Bonchev–Trinajstić information content (AvgIpc) is 3.10. The molecule has 0 bridgehead atoms. The molecule has 0 fully saturated rings. The Bertz CT molecular complexity index is 822. The van der Waals surface area contributed by atoms with Gasteiger partial charge in [-0.25, -0.2) is 4.98 Å². The van der Waals surface area contributed by atoms with Crippen LogP contribution < -0.4 is 11.1 Å². The molecule has 0 aliphatic heterocycles. The highest BCUT2D eigenvalue weighted by Gasteiger charge is 2.15. The Morgan fingerprint density at radius 3 is 2.95 bits per heavy atom. The predicted octanol–water partition coefficient (Wildman–Crippen LogP) is 0.775. The van der Waals surface area contributed by atoms with Gasteiger partial charge in [0, 0.05) is 29.1 Å². The van der Waals surface area contributed by atoms with Gasteiger partial charge >= 0.3 is 0 Å². The van der Waals surface area contributed by atoms with E-state index in [-0.39, 0.29) is 18.3 Å². The number of nitrogen functional groups attached to an aromatic ring is 1. The van der Waals surface area contributed by atoms with Gasteiger partial charge in [-0.3, -0.25) is 4.79 Å². The van der Waals surface area contributed by atoms with Crippen LogP contribution >= 0.6 is 0 Å². The molecule has 3 rings (SSSR count). The Kier molecular flexibility index (Phi) is 3.50. The van der Waals surface area contributed by atoms with Gasteiger partial charge in [-0.15, -0.1) is 5.10 Å². The van der Waals surface area contributed by atoms with Crippen LogP contribution in [0.3, 0.4) is 0 Å². The van der Waals surface area contributed by atoms with Crippen molar-refractivity contribution in [2.24, 2.45) is 0 Å². The van der Waals surface area contributed by atoms with Crippen molar-refractivity contribution in [1.29, 1.82) is 0 Å². The molecule has 3 N–H and O–H groups in total. The first kappa shape index (κ1) is 14.1. The van der Waals surface area contributed by atoms with Crippen molar-refractivity contribution in [2.45, 2.75) is 26.8 Å². The number of carbonyl (C=O) groups is 1. The summed E-state index contributed by atoms with van der Waals surface area (Å²) in [6.45, 7) is 4.14. The quantitative estimate of drug-likeness (QED) is 0.736. The molecule has 0 saturated heterocycles. The molecular formula is C14H16N6O2. The number of amides is 1. The number of aromatic nitrogens is 4. The van der Waals surface area contributed by atoms with Crippen LogP contribution in [0.2, 0.25) is 0 Å². The minimum atomic E-state index is -0.0957. The van der Waals surface area contributed by atoms with Crippen molar-refractivity contribution in [3.8, 4) is 0 Å². The van der Waals surface area contributed by atoms with Crippen LogP contribution in [0.1, 0.15) is 22.5 Å². The van der Waals surface area contributed by atoms with Crippen molar-refractivity contribution < 1.29 is 9.21 Å². The molecular weight excluding hydrogens is 284 g/mol. The summed E-state index contributed by atoms with van der Waals surface area (Å²) < 4.78 is 6.52. The Labute approximate surface area is 126 Å². The van der Waals surface area contributed by atoms with Crippen molar-refractivity contribution >= 4 is 17.6 Å². The number of carbonyl (C=O) groups excluding carboxylic acids is 1. The van der Waals surface area contributed by atoms with Crippen LogP contribution in [0.25, 0.3) is 5.78 Å². The molecule has 22 heavy (non-hydrogen) atoms. The van der Waals surface area contributed by atoms with Gasteiger partial charge in [0.15, 0.2) is 0 Å². The lowest BCUT2D eigenvalue weighted by molar-refractivity contribution is -0.120. The molecule has 0 atom stereocenters. The largest absolute Gasteiger partial charge is 0.472 e. The van der Waals surface area contributed by atoms with E-state index in [9.17, 15) is 4.79 Å². The van der Waals surface area contributed by atoms with E-state index in [0.717, 1.165) is 22.5 Å². The number of rotatable bonds is 4. The topological polar surface area (TPSA) is 111 Å². The fraction of sp³-hybridized carbons (Fsp3) is 0.286. The third-order valence-electron chi connectivity index (χ3n) is 3.47. The maximum Gasteiger partial charge on any atom is 0.254 e. The van der Waals surface area contributed by atoms with Gasteiger partial charge in [-0.05, 0) is 19.9 Å². The van der Waals surface area contributed by atoms with E-state index in [1.807, 2.05) is 19.9 Å². The lowest BCUT2D eigenvalue weighted by Gasteiger charge is -2.10. The second-order valence-corrected chi connectivity index (χ2v) is 5.03. The van der Waals surface area contributed by atoms with Crippen molar-refractivity contribution in [1.82, 2.24) is 24.9 Å². The highest BCUT2D eigenvalue weighted by molar-refractivity contribution is 5.79. The zero-order chi connectivity index (χ0) is 15.7. The lowest BCUT2D eigenvalue weighted by Crippen LogP contribution is -2.25. The zero-order valence-electron chi connectivity index (χ0n) is 12.3. The Morgan fingerprint density at radius 2 is 2.23 bits per heavy atom. The Balaban J connectivity index is 1.79. The fourth-order valence-corrected chi connectivity index (χ4v) is 2.30. The van der Waals surface area contributed by atoms with Gasteiger partial charge in [0.05, 0.1) is 18.9 Å². The molecule has 0 saturated carbocycles. The van der Waals surface area contributed by atoms with Gasteiger partial charge in [-0.1, -0.05) is 0 Å². The minimum Gasteiger partial charge on any atom is -0.472 e. The van der Waals surface area contributed by atoms with Gasteiger partial charge in [0.1, 0.15) is 0 Å². The summed E-state index contributed by atoms with van der Waals surface area (Å²) in [7, 11) is 0. The van der Waals surface area contributed by atoms with Crippen LogP contribution in [-0.4, -0.2) is 25.5 Å². The summed E-state index contributed by atoms with van der Waals surface area (Å²) in [5, 5.41) is 6.93. The summed E-state index contributed by atoms with van der Waals surface area (Å²) >= 11 is 0. The van der Waals surface area contributed by atoms with Crippen LogP contribution in [0.15, 0.2) is 23.0 Å². The molecule has 3 aromatic heterocycles. The lowest BCUT2D eigenvalue weighted by atomic mass is 10.1. The van der Waals surface area contributed by atoms with Crippen LogP contribution in [-0.2, 0) is 17.8 Å². The SMILES string of the molecule is Cc1nc2nc(N)nn2c(C)c1CC(=O)NCc1ccoc1. The van der Waals surface area contributed by atoms with E-state index in [2.05, 4.69) is 20.4 Å². The molecule has 0 aromatic carbocycles. The molecule has 1 amide bonds. The highest BCUT2D eigenvalue weighted by Crippen LogP contribution is 2.14. The smallest absolute Gasteiger partial charge is 0.254 e. The molecule has 0 spiro atoms. The first-order valence-corrected chi connectivity index (χ1v) is 6.80. The number of fused-ring (bicyclic) bond motifs is 1. The first-order chi connectivity index (χ1) is 10.5. The third-order valence-corrected chi connectivity index (χ3v) is 3.47. The number of anilines is 1. The molecule has 8 heteroatoms. The number of aryl methyl sites for hydroxylation is 2. The van der Waals surface area contributed by atoms with Crippen LogP contribution in [0.4, 0.5) is 5.95 Å². The Morgan fingerprint density at radius 1 is 1.41 bits per heavy atom. The molecule has 0 aliphatic carbocycles. The maximum absolute atomic E-state index is 12.1. The van der Waals surface area contributed by atoms with E-state index < -0.39 is 0 Å². The van der Waals surface area contributed by atoms with Gasteiger partial charge in [0.25, 0.3) is 5.78 Å². The molecule has 3 aromatic rings.